The van der Waals surface area contributed by atoms with Crippen molar-refractivity contribution in [2.24, 2.45) is 0 Å². The van der Waals surface area contributed by atoms with Crippen LogP contribution in [0.5, 0.6) is 0 Å². The first-order chi connectivity index (χ1) is 6.96. The second-order valence-corrected chi connectivity index (χ2v) is 6.73. The molecule has 15 heavy (non-hydrogen) atoms. The van der Waals surface area contributed by atoms with E-state index in [0.717, 1.165) is 0 Å². The summed E-state index contributed by atoms with van der Waals surface area (Å²) in [6.45, 7) is 1.83. The average molecular weight is 341 g/mol. The fourth-order valence-electron chi connectivity index (χ4n) is 1.07. The van der Waals surface area contributed by atoms with Crippen molar-refractivity contribution in [1.82, 2.24) is 4.57 Å². The molecule has 1 heterocycles. The van der Waals surface area contributed by atoms with E-state index < -0.39 is 9.84 Å². The predicted octanol–water partition coefficient (Wildman–Crippen LogP) is 0.888. The van der Waals surface area contributed by atoms with Crippen molar-refractivity contribution in [3.8, 4) is 0 Å². The van der Waals surface area contributed by atoms with Gasteiger partial charge in [-0.3, -0.25) is 4.79 Å². The molecule has 0 saturated heterocycles. The van der Waals surface area contributed by atoms with Crippen LogP contribution in [0.3, 0.4) is 0 Å². The number of halogens is 1. The van der Waals surface area contributed by atoms with Crippen molar-refractivity contribution >= 4 is 32.4 Å². The number of pyridine rings is 1. The van der Waals surface area contributed by atoms with Gasteiger partial charge in [0, 0.05) is 18.5 Å². The Morgan fingerprint density at radius 3 is 2.73 bits per heavy atom. The molecule has 0 aliphatic rings. The summed E-state index contributed by atoms with van der Waals surface area (Å²) >= 11 is 1.94. The van der Waals surface area contributed by atoms with Gasteiger partial charge in [0.25, 0.3) is 5.56 Å². The molecular formula is C9H12INO3S. The molecule has 0 bridgehead atoms. The normalized spacial score (nSPS) is 11.6. The third kappa shape index (κ3) is 3.60. The van der Waals surface area contributed by atoms with Crippen LogP contribution in [-0.2, 0) is 16.4 Å². The standard InChI is InChI=1S/C9H12INO3S/c1-2-15(13,14)7-6-11-5-3-4-8(10)9(11)12/h3-5H,2,6-7H2,1H3. The molecule has 0 fully saturated rings. The van der Waals surface area contributed by atoms with Crippen molar-refractivity contribution in [1.29, 1.82) is 0 Å². The first-order valence-corrected chi connectivity index (χ1v) is 7.41. The highest BCUT2D eigenvalue weighted by Gasteiger charge is 2.08. The van der Waals surface area contributed by atoms with Crippen LogP contribution < -0.4 is 5.56 Å². The van der Waals surface area contributed by atoms with Gasteiger partial charge in [0.2, 0.25) is 0 Å². The van der Waals surface area contributed by atoms with E-state index in [-0.39, 0.29) is 23.6 Å². The molecule has 0 aliphatic carbocycles. The van der Waals surface area contributed by atoms with E-state index >= 15 is 0 Å². The van der Waals surface area contributed by atoms with E-state index in [2.05, 4.69) is 0 Å². The lowest BCUT2D eigenvalue weighted by molar-refractivity contribution is 0.588. The molecule has 1 aromatic rings. The number of aromatic nitrogens is 1. The van der Waals surface area contributed by atoms with Crippen LogP contribution >= 0.6 is 22.6 Å². The molecule has 0 atom stereocenters. The van der Waals surface area contributed by atoms with Crippen molar-refractivity contribution in [3.05, 3.63) is 32.3 Å². The Labute approximate surface area is 102 Å². The fraction of sp³-hybridized carbons (Fsp3) is 0.444. The maximum atomic E-state index is 11.5. The van der Waals surface area contributed by atoms with E-state index in [0.29, 0.717) is 3.57 Å². The fourth-order valence-corrected chi connectivity index (χ4v) is 2.35. The summed E-state index contributed by atoms with van der Waals surface area (Å²) in [5.41, 5.74) is -0.135. The van der Waals surface area contributed by atoms with Crippen LogP contribution in [0.1, 0.15) is 6.92 Å². The van der Waals surface area contributed by atoms with Gasteiger partial charge in [0.15, 0.2) is 9.84 Å². The molecule has 84 valence electrons. The Kier molecular flexibility index (Phi) is 4.32. The summed E-state index contributed by atoms with van der Waals surface area (Å²) in [7, 11) is -3.01. The molecule has 6 heteroatoms. The molecule has 0 spiro atoms. The number of aryl methyl sites for hydroxylation is 1. The molecule has 0 saturated carbocycles. The molecule has 0 unspecified atom stereocenters. The van der Waals surface area contributed by atoms with Crippen LogP contribution in [0.15, 0.2) is 23.1 Å². The number of hydrogen-bond donors (Lipinski definition) is 0. The first-order valence-electron chi connectivity index (χ1n) is 4.51. The lowest BCUT2D eigenvalue weighted by Crippen LogP contribution is -2.25. The van der Waals surface area contributed by atoms with Gasteiger partial charge >= 0.3 is 0 Å². The minimum absolute atomic E-state index is 0.0174. The van der Waals surface area contributed by atoms with E-state index in [1.807, 2.05) is 22.6 Å². The molecule has 0 aromatic carbocycles. The van der Waals surface area contributed by atoms with Crippen LogP contribution in [0.2, 0.25) is 0 Å². The van der Waals surface area contributed by atoms with Crippen molar-refractivity contribution in [2.75, 3.05) is 11.5 Å². The van der Waals surface area contributed by atoms with Crippen molar-refractivity contribution in [2.45, 2.75) is 13.5 Å². The number of sulfone groups is 1. The smallest absolute Gasteiger partial charge is 0.263 e. The number of hydrogen-bond acceptors (Lipinski definition) is 3. The highest BCUT2D eigenvalue weighted by atomic mass is 127. The second kappa shape index (κ2) is 5.11. The molecule has 0 aliphatic heterocycles. The van der Waals surface area contributed by atoms with E-state index in [9.17, 15) is 13.2 Å². The topological polar surface area (TPSA) is 56.1 Å². The molecule has 0 N–H and O–H groups in total. The monoisotopic (exact) mass is 341 g/mol. The lowest BCUT2D eigenvalue weighted by Gasteiger charge is -2.05. The zero-order valence-electron chi connectivity index (χ0n) is 8.31. The molecule has 0 radical (unpaired) electrons. The van der Waals surface area contributed by atoms with Crippen molar-refractivity contribution in [3.63, 3.8) is 0 Å². The predicted molar refractivity (Wildman–Crippen MR) is 67.7 cm³/mol. The van der Waals surface area contributed by atoms with Crippen LogP contribution in [-0.4, -0.2) is 24.5 Å². The maximum Gasteiger partial charge on any atom is 0.263 e. The largest absolute Gasteiger partial charge is 0.314 e. The van der Waals surface area contributed by atoms with Gasteiger partial charge < -0.3 is 4.57 Å². The summed E-state index contributed by atoms with van der Waals surface area (Å²) in [6, 6.07) is 3.44. The van der Waals surface area contributed by atoms with E-state index in [4.69, 9.17) is 0 Å². The molecular weight excluding hydrogens is 329 g/mol. The molecule has 0 amide bonds. The summed E-state index contributed by atoms with van der Waals surface area (Å²) in [4.78, 5) is 11.5. The third-order valence-electron chi connectivity index (χ3n) is 2.06. The molecule has 1 aromatic heterocycles. The summed E-state index contributed by atoms with van der Waals surface area (Å²) in [6.07, 6.45) is 1.61. The molecule has 1 rings (SSSR count). The van der Waals surface area contributed by atoms with Crippen LogP contribution in [0.4, 0.5) is 0 Å². The summed E-state index contributed by atoms with van der Waals surface area (Å²) in [5, 5.41) is 0. The van der Waals surface area contributed by atoms with Crippen molar-refractivity contribution < 1.29 is 8.42 Å². The van der Waals surface area contributed by atoms with Gasteiger partial charge in [0.1, 0.15) is 0 Å². The second-order valence-electron chi connectivity index (χ2n) is 3.09. The average Bonchev–Trinajstić information content (AvgIpc) is 2.20. The number of nitrogens with zero attached hydrogens (tertiary/aromatic N) is 1. The Hall–Kier alpha value is -0.370. The van der Waals surface area contributed by atoms with E-state index in [1.165, 1.54) is 4.57 Å². The summed E-state index contributed by atoms with van der Waals surface area (Å²) < 4.78 is 24.5. The first kappa shape index (κ1) is 12.7. The zero-order chi connectivity index (χ0) is 11.5. The Balaban J connectivity index is 2.84. The van der Waals surface area contributed by atoms with Gasteiger partial charge in [0.05, 0.1) is 9.32 Å². The Morgan fingerprint density at radius 1 is 1.47 bits per heavy atom. The molecule has 4 nitrogen and oxygen atoms in total. The zero-order valence-corrected chi connectivity index (χ0v) is 11.3. The number of rotatable bonds is 4. The van der Waals surface area contributed by atoms with Gasteiger partial charge in [-0.1, -0.05) is 6.92 Å². The van der Waals surface area contributed by atoms with Gasteiger partial charge in [-0.25, -0.2) is 8.42 Å². The highest BCUT2D eigenvalue weighted by Crippen LogP contribution is 1.97. The maximum absolute atomic E-state index is 11.5. The highest BCUT2D eigenvalue weighted by molar-refractivity contribution is 14.1. The minimum atomic E-state index is -3.01. The lowest BCUT2D eigenvalue weighted by atomic mass is 10.5. The van der Waals surface area contributed by atoms with Gasteiger partial charge in [-0.15, -0.1) is 0 Å². The third-order valence-corrected chi connectivity index (χ3v) is 4.56. The SMILES string of the molecule is CCS(=O)(=O)CCn1cccc(I)c1=O. The van der Waals surface area contributed by atoms with E-state index in [1.54, 1.807) is 25.3 Å². The van der Waals surface area contributed by atoms with Crippen LogP contribution in [0, 0.1) is 3.57 Å². The minimum Gasteiger partial charge on any atom is -0.314 e. The summed E-state index contributed by atoms with van der Waals surface area (Å²) in [5.74, 6) is 0.134. The Bertz CT molecular complexity index is 492. The van der Waals surface area contributed by atoms with Gasteiger partial charge in [-0.2, -0.15) is 0 Å². The quantitative estimate of drug-likeness (QED) is 0.765. The Morgan fingerprint density at radius 2 is 2.13 bits per heavy atom. The van der Waals surface area contributed by atoms with Gasteiger partial charge in [-0.05, 0) is 34.7 Å². The van der Waals surface area contributed by atoms with Crippen LogP contribution in [0.25, 0.3) is 0 Å².